The van der Waals surface area contributed by atoms with Crippen molar-refractivity contribution in [3.63, 3.8) is 0 Å². The van der Waals surface area contributed by atoms with Gasteiger partial charge in [0.2, 0.25) is 0 Å². The van der Waals surface area contributed by atoms with Gasteiger partial charge in [0.1, 0.15) is 0 Å². The fraction of sp³-hybridized carbons (Fsp3) is 1.00. The van der Waals surface area contributed by atoms with Gasteiger partial charge in [0.15, 0.2) is 0 Å². The van der Waals surface area contributed by atoms with Crippen LogP contribution < -0.4 is 0 Å². The third kappa shape index (κ3) is 3.67. The summed E-state index contributed by atoms with van der Waals surface area (Å²) in [6, 6.07) is 0. The van der Waals surface area contributed by atoms with E-state index in [-0.39, 0.29) is 0 Å². The van der Waals surface area contributed by atoms with Gasteiger partial charge in [-0.05, 0) is 55.3 Å². The zero-order valence-electron chi connectivity index (χ0n) is 14.5. The molecule has 0 amide bonds. The van der Waals surface area contributed by atoms with Crippen LogP contribution in [0.4, 0.5) is 0 Å². The third-order valence-electron chi connectivity index (χ3n) is 7.67. The molecule has 122 valence electrons. The van der Waals surface area contributed by atoms with Crippen molar-refractivity contribution in [1.29, 1.82) is 0 Å². The van der Waals surface area contributed by atoms with Crippen molar-refractivity contribution in [2.75, 3.05) is 0 Å². The maximum atomic E-state index is 2.62. The minimum Gasteiger partial charge on any atom is -0.0620 e. The zero-order chi connectivity index (χ0) is 14.5. The van der Waals surface area contributed by atoms with E-state index in [1.165, 1.54) is 57.8 Å². The Morgan fingerprint density at radius 1 is 0.714 bits per heavy atom. The Kier molecular flexibility index (Phi) is 5.68. The normalized spacial score (nSPS) is 36.7. The molecular formula is C21H38. The molecule has 21 heavy (non-hydrogen) atoms. The maximum absolute atomic E-state index is 2.62. The van der Waals surface area contributed by atoms with Crippen LogP contribution in [0, 0.1) is 23.2 Å². The lowest BCUT2D eigenvalue weighted by molar-refractivity contribution is -0.00209. The van der Waals surface area contributed by atoms with Crippen molar-refractivity contribution in [3.8, 4) is 0 Å². The van der Waals surface area contributed by atoms with Gasteiger partial charge in [-0.25, -0.2) is 0 Å². The van der Waals surface area contributed by atoms with Crippen molar-refractivity contribution in [1.82, 2.24) is 0 Å². The molecular weight excluding hydrogens is 252 g/mol. The van der Waals surface area contributed by atoms with Gasteiger partial charge in [-0.2, -0.15) is 0 Å². The van der Waals surface area contributed by atoms with Gasteiger partial charge in [0, 0.05) is 0 Å². The Bertz CT molecular complexity index is 295. The molecule has 0 spiro atoms. The van der Waals surface area contributed by atoms with Crippen LogP contribution in [-0.4, -0.2) is 0 Å². The van der Waals surface area contributed by atoms with Crippen LogP contribution in [0.2, 0.25) is 0 Å². The van der Waals surface area contributed by atoms with E-state index >= 15 is 0 Å². The molecule has 3 aliphatic rings. The van der Waals surface area contributed by atoms with E-state index in [4.69, 9.17) is 0 Å². The van der Waals surface area contributed by atoms with Crippen molar-refractivity contribution in [2.24, 2.45) is 23.2 Å². The van der Waals surface area contributed by atoms with Gasteiger partial charge in [0.25, 0.3) is 0 Å². The molecule has 0 saturated heterocycles. The number of hydrogen-bond donors (Lipinski definition) is 0. The predicted octanol–water partition coefficient (Wildman–Crippen LogP) is 7.12. The summed E-state index contributed by atoms with van der Waals surface area (Å²) in [5.41, 5.74) is 0.760. The molecule has 0 aromatic carbocycles. The summed E-state index contributed by atoms with van der Waals surface area (Å²) >= 11 is 0. The Hall–Kier alpha value is 0. The summed E-state index contributed by atoms with van der Waals surface area (Å²) in [7, 11) is 0. The first kappa shape index (κ1) is 15.9. The van der Waals surface area contributed by atoms with Gasteiger partial charge in [0.05, 0.1) is 0 Å². The summed E-state index contributed by atoms with van der Waals surface area (Å²) in [6.45, 7) is 2.62. The summed E-state index contributed by atoms with van der Waals surface area (Å²) in [6.07, 6.45) is 24.7. The highest BCUT2D eigenvalue weighted by molar-refractivity contribution is 4.94. The van der Waals surface area contributed by atoms with Crippen LogP contribution >= 0.6 is 0 Å². The van der Waals surface area contributed by atoms with Crippen LogP contribution in [0.3, 0.4) is 0 Å². The lowest BCUT2D eigenvalue weighted by Gasteiger charge is -2.50. The summed E-state index contributed by atoms with van der Waals surface area (Å²) in [4.78, 5) is 0. The fourth-order valence-corrected chi connectivity index (χ4v) is 6.25. The summed E-state index contributed by atoms with van der Waals surface area (Å²) in [5, 5.41) is 0. The SMILES string of the molecule is CC1CCCCC1(CCC1CCCCC1)C1CCCCC1. The van der Waals surface area contributed by atoms with E-state index in [1.54, 1.807) is 44.9 Å². The average Bonchev–Trinajstić information content (AvgIpc) is 2.56. The Morgan fingerprint density at radius 2 is 1.33 bits per heavy atom. The molecule has 0 heteroatoms. The molecule has 3 saturated carbocycles. The first-order chi connectivity index (χ1) is 10.3. The quantitative estimate of drug-likeness (QED) is 0.517. The standard InChI is InChI=1S/C21H38/c1-18-10-8-9-16-21(18,20-13-6-3-7-14-20)17-15-19-11-4-2-5-12-19/h18-20H,2-17H2,1H3. The molecule has 3 rings (SSSR count). The van der Waals surface area contributed by atoms with Gasteiger partial charge in [-0.1, -0.05) is 77.6 Å². The molecule has 0 aromatic rings. The summed E-state index contributed by atoms with van der Waals surface area (Å²) in [5.74, 6) is 3.19. The van der Waals surface area contributed by atoms with E-state index in [0.717, 1.165) is 23.2 Å². The van der Waals surface area contributed by atoms with Crippen LogP contribution in [0.25, 0.3) is 0 Å². The molecule has 0 nitrogen and oxygen atoms in total. The van der Waals surface area contributed by atoms with E-state index < -0.39 is 0 Å². The highest BCUT2D eigenvalue weighted by atomic mass is 14.5. The van der Waals surface area contributed by atoms with E-state index in [0.29, 0.717) is 0 Å². The minimum atomic E-state index is 0.760. The molecule has 0 aliphatic heterocycles. The third-order valence-corrected chi connectivity index (χ3v) is 7.67. The maximum Gasteiger partial charge on any atom is -0.0243 e. The number of rotatable bonds is 4. The summed E-state index contributed by atoms with van der Waals surface area (Å²) < 4.78 is 0. The van der Waals surface area contributed by atoms with Crippen molar-refractivity contribution < 1.29 is 0 Å². The topological polar surface area (TPSA) is 0 Å². The fourth-order valence-electron chi connectivity index (χ4n) is 6.25. The van der Waals surface area contributed by atoms with Gasteiger partial charge in [-0.15, -0.1) is 0 Å². The smallest absolute Gasteiger partial charge is 0.0243 e. The van der Waals surface area contributed by atoms with Crippen LogP contribution in [-0.2, 0) is 0 Å². The second kappa shape index (κ2) is 7.51. The van der Waals surface area contributed by atoms with Crippen molar-refractivity contribution in [2.45, 2.75) is 110 Å². The van der Waals surface area contributed by atoms with Crippen molar-refractivity contribution >= 4 is 0 Å². The first-order valence-electron chi connectivity index (χ1n) is 10.3. The monoisotopic (exact) mass is 290 g/mol. The van der Waals surface area contributed by atoms with Crippen LogP contribution in [0.5, 0.6) is 0 Å². The second-order valence-corrected chi connectivity index (χ2v) is 8.76. The molecule has 0 bridgehead atoms. The average molecular weight is 291 g/mol. The molecule has 3 fully saturated rings. The molecule has 2 atom stereocenters. The van der Waals surface area contributed by atoms with Crippen LogP contribution in [0.1, 0.15) is 110 Å². The first-order valence-corrected chi connectivity index (χ1v) is 10.3. The minimum absolute atomic E-state index is 0.760. The van der Waals surface area contributed by atoms with Crippen molar-refractivity contribution in [3.05, 3.63) is 0 Å². The molecule has 0 radical (unpaired) electrons. The van der Waals surface area contributed by atoms with E-state index in [2.05, 4.69) is 6.92 Å². The molecule has 2 unspecified atom stereocenters. The van der Waals surface area contributed by atoms with E-state index in [1.807, 2.05) is 0 Å². The van der Waals surface area contributed by atoms with Crippen LogP contribution in [0.15, 0.2) is 0 Å². The molecule has 0 aromatic heterocycles. The van der Waals surface area contributed by atoms with Gasteiger partial charge < -0.3 is 0 Å². The Morgan fingerprint density at radius 3 is 2.00 bits per heavy atom. The molecule has 0 heterocycles. The molecule has 0 N–H and O–H groups in total. The largest absolute Gasteiger partial charge is 0.0620 e. The predicted molar refractivity (Wildman–Crippen MR) is 92.4 cm³/mol. The van der Waals surface area contributed by atoms with E-state index in [9.17, 15) is 0 Å². The van der Waals surface area contributed by atoms with Gasteiger partial charge in [-0.3, -0.25) is 0 Å². The Labute approximate surface area is 133 Å². The zero-order valence-corrected chi connectivity index (χ0v) is 14.5. The second-order valence-electron chi connectivity index (χ2n) is 8.76. The molecule has 3 aliphatic carbocycles. The highest BCUT2D eigenvalue weighted by Gasteiger charge is 2.44. The van der Waals surface area contributed by atoms with Gasteiger partial charge >= 0.3 is 0 Å². The Balaban J connectivity index is 1.65. The highest BCUT2D eigenvalue weighted by Crippen LogP contribution is 2.54. The lowest BCUT2D eigenvalue weighted by Crippen LogP contribution is -2.40. The number of hydrogen-bond acceptors (Lipinski definition) is 0. The lowest BCUT2D eigenvalue weighted by atomic mass is 9.55.